The lowest BCUT2D eigenvalue weighted by Gasteiger charge is -2.31. The van der Waals surface area contributed by atoms with Crippen molar-refractivity contribution in [1.82, 2.24) is 4.90 Å². The number of nitrogens with zero attached hydrogens (tertiary/aromatic N) is 1. The van der Waals surface area contributed by atoms with Crippen LogP contribution in [0, 0.1) is 0 Å². The van der Waals surface area contributed by atoms with Crippen LogP contribution >= 0.6 is 23.2 Å². The van der Waals surface area contributed by atoms with Gasteiger partial charge in [-0.3, -0.25) is 9.69 Å². The van der Waals surface area contributed by atoms with Gasteiger partial charge in [0.25, 0.3) is 0 Å². The van der Waals surface area contributed by atoms with E-state index in [0.29, 0.717) is 41.8 Å². The normalized spacial score (nSPS) is 19.5. The molecule has 1 aromatic rings. The molecule has 1 saturated heterocycles. The van der Waals surface area contributed by atoms with Gasteiger partial charge in [0, 0.05) is 31.1 Å². The molecule has 0 spiro atoms. The SMILES string of the molecule is O=C(CCN1CCOC(CO)C1)Nc1cc(Cl)ccc1Cl. The molecule has 1 aromatic carbocycles. The summed E-state index contributed by atoms with van der Waals surface area (Å²) in [7, 11) is 0. The summed E-state index contributed by atoms with van der Waals surface area (Å²) in [6.45, 7) is 2.60. The summed E-state index contributed by atoms with van der Waals surface area (Å²) < 4.78 is 5.36. The van der Waals surface area contributed by atoms with Gasteiger partial charge in [-0.15, -0.1) is 0 Å². The van der Waals surface area contributed by atoms with E-state index >= 15 is 0 Å². The van der Waals surface area contributed by atoms with Gasteiger partial charge < -0.3 is 15.2 Å². The predicted molar refractivity (Wildman–Crippen MR) is 83.0 cm³/mol. The minimum atomic E-state index is -0.163. The molecule has 5 nitrogen and oxygen atoms in total. The molecule has 0 saturated carbocycles. The first kappa shape index (κ1) is 16.5. The fourth-order valence-electron chi connectivity index (χ4n) is 2.16. The molecule has 1 heterocycles. The average molecular weight is 333 g/mol. The standard InChI is InChI=1S/C14H18Cl2N2O3/c15-10-1-2-12(16)13(7-10)17-14(20)3-4-18-5-6-21-11(8-18)9-19/h1-2,7,11,19H,3-6,8-9H2,(H,17,20). The lowest BCUT2D eigenvalue weighted by atomic mass is 10.2. The Kier molecular flexibility index (Phi) is 6.26. The molecule has 1 amide bonds. The Morgan fingerprint density at radius 2 is 2.29 bits per heavy atom. The van der Waals surface area contributed by atoms with Crippen LogP contribution < -0.4 is 5.32 Å². The molecule has 1 aliphatic rings. The first-order valence-electron chi connectivity index (χ1n) is 6.78. The molecule has 7 heteroatoms. The van der Waals surface area contributed by atoms with Crippen LogP contribution in [0.15, 0.2) is 18.2 Å². The molecule has 1 aliphatic heterocycles. The highest BCUT2D eigenvalue weighted by Gasteiger charge is 2.20. The largest absolute Gasteiger partial charge is 0.394 e. The van der Waals surface area contributed by atoms with E-state index in [2.05, 4.69) is 10.2 Å². The molecule has 116 valence electrons. The van der Waals surface area contributed by atoms with Crippen LogP contribution in [0.3, 0.4) is 0 Å². The lowest BCUT2D eigenvalue weighted by Crippen LogP contribution is -2.44. The molecule has 2 N–H and O–H groups in total. The summed E-state index contributed by atoms with van der Waals surface area (Å²) in [6, 6.07) is 4.94. The van der Waals surface area contributed by atoms with E-state index in [1.807, 2.05) is 0 Å². The van der Waals surface area contributed by atoms with Crippen LogP contribution in [0.25, 0.3) is 0 Å². The van der Waals surface area contributed by atoms with E-state index < -0.39 is 0 Å². The van der Waals surface area contributed by atoms with Crippen molar-refractivity contribution in [1.29, 1.82) is 0 Å². The third-order valence-corrected chi connectivity index (χ3v) is 3.85. The van der Waals surface area contributed by atoms with E-state index in [4.69, 9.17) is 33.0 Å². The van der Waals surface area contributed by atoms with Crippen molar-refractivity contribution in [3.8, 4) is 0 Å². The maximum atomic E-state index is 11.9. The highest BCUT2D eigenvalue weighted by Crippen LogP contribution is 2.25. The van der Waals surface area contributed by atoms with Crippen molar-refractivity contribution in [2.24, 2.45) is 0 Å². The van der Waals surface area contributed by atoms with E-state index in [1.165, 1.54) is 0 Å². The number of carbonyl (C=O) groups is 1. The van der Waals surface area contributed by atoms with Crippen LogP contribution in [0.1, 0.15) is 6.42 Å². The first-order chi connectivity index (χ1) is 10.1. The number of nitrogens with one attached hydrogen (secondary N) is 1. The van der Waals surface area contributed by atoms with Crippen molar-refractivity contribution < 1.29 is 14.6 Å². The number of aliphatic hydroxyl groups is 1. The number of carbonyl (C=O) groups excluding carboxylic acids is 1. The first-order valence-corrected chi connectivity index (χ1v) is 7.54. The van der Waals surface area contributed by atoms with Crippen molar-refractivity contribution >= 4 is 34.8 Å². The van der Waals surface area contributed by atoms with Gasteiger partial charge in [-0.1, -0.05) is 23.2 Å². The van der Waals surface area contributed by atoms with Crippen LogP contribution in [-0.2, 0) is 9.53 Å². The second-order valence-electron chi connectivity index (χ2n) is 4.90. The third-order valence-electron chi connectivity index (χ3n) is 3.28. The zero-order valence-corrected chi connectivity index (χ0v) is 13.0. The zero-order valence-electron chi connectivity index (χ0n) is 11.5. The monoisotopic (exact) mass is 332 g/mol. The number of hydrogen-bond acceptors (Lipinski definition) is 4. The fraction of sp³-hybridized carbons (Fsp3) is 0.500. The maximum Gasteiger partial charge on any atom is 0.225 e. The average Bonchev–Trinajstić information content (AvgIpc) is 2.49. The predicted octanol–water partition coefficient (Wildman–Crippen LogP) is 2.02. The number of hydrogen-bond donors (Lipinski definition) is 2. The Balaban J connectivity index is 1.80. The van der Waals surface area contributed by atoms with Gasteiger partial charge in [0.2, 0.25) is 5.91 Å². The van der Waals surface area contributed by atoms with Crippen LogP contribution in [-0.4, -0.2) is 54.9 Å². The number of benzene rings is 1. The van der Waals surface area contributed by atoms with Gasteiger partial charge in [0.1, 0.15) is 0 Å². The van der Waals surface area contributed by atoms with Gasteiger partial charge in [-0.05, 0) is 18.2 Å². The van der Waals surface area contributed by atoms with Gasteiger partial charge >= 0.3 is 0 Å². The highest BCUT2D eigenvalue weighted by molar-refractivity contribution is 6.35. The van der Waals surface area contributed by atoms with E-state index in [0.717, 1.165) is 6.54 Å². The summed E-state index contributed by atoms with van der Waals surface area (Å²) >= 11 is 11.9. The molecule has 1 unspecified atom stereocenters. The van der Waals surface area contributed by atoms with Gasteiger partial charge in [-0.2, -0.15) is 0 Å². The fourth-order valence-corrected chi connectivity index (χ4v) is 2.50. The van der Waals surface area contributed by atoms with Crippen molar-refractivity contribution in [2.45, 2.75) is 12.5 Å². The van der Waals surface area contributed by atoms with Crippen molar-refractivity contribution in [3.05, 3.63) is 28.2 Å². The van der Waals surface area contributed by atoms with Crippen LogP contribution in [0.4, 0.5) is 5.69 Å². The summed E-state index contributed by atoms with van der Waals surface area (Å²) in [6.07, 6.45) is 0.185. The Morgan fingerprint density at radius 1 is 1.48 bits per heavy atom. The molecule has 0 radical (unpaired) electrons. The van der Waals surface area contributed by atoms with Gasteiger partial charge in [-0.25, -0.2) is 0 Å². The molecule has 21 heavy (non-hydrogen) atoms. The number of anilines is 1. The summed E-state index contributed by atoms with van der Waals surface area (Å²) in [4.78, 5) is 14.1. The van der Waals surface area contributed by atoms with E-state index in [-0.39, 0.29) is 18.6 Å². The molecule has 1 fully saturated rings. The van der Waals surface area contributed by atoms with Crippen molar-refractivity contribution in [2.75, 3.05) is 38.2 Å². The summed E-state index contributed by atoms with van der Waals surface area (Å²) in [5.41, 5.74) is 0.518. The second kappa shape index (κ2) is 7.96. The zero-order chi connectivity index (χ0) is 15.2. The maximum absolute atomic E-state index is 11.9. The Morgan fingerprint density at radius 3 is 3.05 bits per heavy atom. The topological polar surface area (TPSA) is 61.8 Å². The number of ether oxygens (including phenoxy) is 1. The third kappa shape index (κ3) is 5.13. The van der Waals surface area contributed by atoms with Crippen molar-refractivity contribution in [3.63, 3.8) is 0 Å². The van der Waals surface area contributed by atoms with Gasteiger partial charge in [0.05, 0.1) is 30.0 Å². The number of rotatable bonds is 5. The Labute approximate surface area is 133 Å². The molecular formula is C14H18Cl2N2O3. The molecule has 1 atom stereocenters. The van der Waals surface area contributed by atoms with Gasteiger partial charge in [0.15, 0.2) is 0 Å². The number of morpholine rings is 1. The smallest absolute Gasteiger partial charge is 0.225 e. The molecular weight excluding hydrogens is 315 g/mol. The molecule has 2 rings (SSSR count). The van der Waals surface area contributed by atoms with Crippen LogP contribution in [0.5, 0.6) is 0 Å². The quantitative estimate of drug-likeness (QED) is 0.865. The van der Waals surface area contributed by atoms with Crippen LogP contribution in [0.2, 0.25) is 10.0 Å². The second-order valence-corrected chi connectivity index (χ2v) is 5.74. The summed E-state index contributed by atoms with van der Waals surface area (Å²) in [5.74, 6) is -0.119. The minimum Gasteiger partial charge on any atom is -0.394 e. The highest BCUT2D eigenvalue weighted by atomic mass is 35.5. The number of halogens is 2. The Bertz CT molecular complexity index is 499. The summed E-state index contributed by atoms with van der Waals surface area (Å²) in [5, 5.41) is 12.8. The van der Waals surface area contributed by atoms with E-state index in [9.17, 15) is 4.79 Å². The minimum absolute atomic E-state index is 0.000812. The number of amides is 1. The molecule has 0 aliphatic carbocycles. The Hall–Kier alpha value is -0.850. The van der Waals surface area contributed by atoms with E-state index in [1.54, 1.807) is 18.2 Å². The number of aliphatic hydroxyl groups excluding tert-OH is 1. The molecule has 0 bridgehead atoms. The lowest BCUT2D eigenvalue weighted by molar-refractivity contribution is -0.117. The molecule has 0 aromatic heterocycles.